The van der Waals surface area contributed by atoms with Gasteiger partial charge in [-0.3, -0.25) is 0 Å². The Bertz CT molecular complexity index is 505. The lowest BCUT2D eigenvalue weighted by molar-refractivity contribution is -0.127. The molecule has 1 atom stereocenters. The van der Waals surface area contributed by atoms with E-state index in [0.717, 1.165) is 0 Å². The number of aliphatic hydroxyl groups is 1. The number of piperidine rings is 1. The highest BCUT2D eigenvalue weighted by atomic mass is 19.4. The number of aliphatic hydroxyl groups excluding tert-OH is 1. The molecule has 2 N–H and O–H groups in total. The second-order valence-electron chi connectivity index (χ2n) is 5.12. The number of hydrogen-bond donors (Lipinski definition) is 2. The van der Waals surface area contributed by atoms with Gasteiger partial charge in [0.25, 0.3) is 0 Å². The standard InChI is InChI=1S/C14H17F3N2O2/c15-14(16,17)8-10-4-1-2-6-12(10)18-13(21)19-7-3-5-11(20)9-19/h1-2,4,6,11,20H,3,5,7-9H2,(H,18,21). The third-order valence-corrected chi connectivity index (χ3v) is 3.33. The topological polar surface area (TPSA) is 52.6 Å². The van der Waals surface area contributed by atoms with Gasteiger partial charge in [-0.15, -0.1) is 0 Å². The Labute approximate surface area is 120 Å². The molecule has 1 fully saturated rings. The first-order valence-corrected chi connectivity index (χ1v) is 6.74. The molecule has 0 aliphatic carbocycles. The van der Waals surface area contributed by atoms with Gasteiger partial charge >= 0.3 is 12.2 Å². The monoisotopic (exact) mass is 302 g/mol. The third-order valence-electron chi connectivity index (χ3n) is 3.33. The summed E-state index contributed by atoms with van der Waals surface area (Å²) < 4.78 is 37.5. The average Bonchev–Trinajstić information content (AvgIpc) is 2.39. The van der Waals surface area contributed by atoms with Crippen molar-refractivity contribution in [2.75, 3.05) is 18.4 Å². The molecule has 1 unspecified atom stereocenters. The molecule has 1 aromatic rings. The van der Waals surface area contributed by atoms with E-state index in [0.29, 0.717) is 19.4 Å². The van der Waals surface area contributed by atoms with Crippen molar-refractivity contribution in [3.05, 3.63) is 29.8 Å². The molecule has 0 spiro atoms. The zero-order valence-corrected chi connectivity index (χ0v) is 11.4. The lowest BCUT2D eigenvalue weighted by atomic mass is 10.1. The van der Waals surface area contributed by atoms with Crippen molar-refractivity contribution < 1.29 is 23.1 Å². The number of carbonyl (C=O) groups excluding carboxylic acids is 1. The van der Waals surface area contributed by atoms with Crippen LogP contribution < -0.4 is 5.32 Å². The van der Waals surface area contributed by atoms with Crippen LogP contribution in [0.3, 0.4) is 0 Å². The summed E-state index contributed by atoms with van der Waals surface area (Å²) in [7, 11) is 0. The molecule has 2 rings (SSSR count). The number of nitrogens with zero attached hydrogens (tertiary/aromatic N) is 1. The SMILES string of the molecule is O=C(Nc1ccccc1CC(F)(F)F)N1CCCC(O)C1. The van der Waals surface area contributed by atoms with Gasteiger partial charge in [0.1, 0.15) is 0 Å². The lowest BCUT2D eigenvalue weighted by Crippen LogP contribution is -2.44. The molecular weight excluding hydrogens is 285 g/mol. The van der Waals surface area contributed by atoms with Crippen LogP contribution in [0.15, 0.2) is 24.3 Å². The molecular formula is C14H17F3N2O2. The Morgan fingerprint density at radius 2 is 2.10 bits per heavy atom. The number of nitrogens with one attached hydrogen (secondary N) is 1. The Kier molecular flexibility index (Phi) is 4.72. The van der Waals surface area contributed by atoms with Gasteiger partial charge in [-0.25, -0.2) is 4.79 Å². The van der Waals surface area contributed by atoms with E-state index in [-0.39, 0.29) is 17.8 Å². The van der Waals surface area contributed by atoms with E-state index in [1.807, 2.05) is 0 Å². The summed E-state index contributed by atoms with van der Waals surface area (Å²) in [5.41, 5.74) is 0.177. The predicted octanol–water partition coefficient (Wildman–Crippen LogP) is 2.78. The normalized spacial score (nSPS) is 19.4. The number of amides is 2. The second-order valence-corrected chi connectivity index (χ2v) is 5.12. The summed E-state index contributed by atoms with van der Waals surface area (Å²) in [6, 6.07) is 5.37. The summed E-state index contributed by atoms with van der Waals surface area (Å²) in [5.74, 6) is 0. The van der Waals surface area contributed by atoms with E-state index in [1.54, 1.807) is 6.07 Å². The van der Waals surface area contributed by atoms with E-state index in [4.69, 9.17) is 0 Å². The van der Waals surface area contributed by atoms with Crippen LogP contribution in [-0.4, -0.2) is 41.4 Å². The Morgan fingerprint density at radius 3 is 2.76 bits per heavy atom. The largest absolute Gasteiger partial charge is 0.393 e. The zero-order valence-electron chi connectivity index (χ0n) is 11.4. The van der Waals surface area contributed by atoms with Crippen LogP contribution in [0.1, 0.15) is 18.4 Å². The molecule has 1 aliphatic heterocycles. The first-order valence-electron chi connectivity index (χ1n) is 6.74. The van der Waals surface area contributed by atoms with E-state index in [9.17, 15) is 23.1 Å². The lowest BCUT2D eigenvalue weighted by Gasteiger charge is -2.30. The number of urea groups is 1. The average molecular weight is 302 g/mol. The Hall–Kier alpha value is -1.76. The Balaban J connectivity index is 2.07. The van der Waals surface area contributed by atoms with E-state index < -0.39 is 24.7 Å². The van der Waals surface area contributed by atoms with Crippen molar-refractivity contribution in [3.63, 3.8) is 0 Å². The van der Waals surface area contributed by atoms with Crippen molar-refractivity contribution in [1.82, 2.24) is 4.90 Å². The Morgan fingerprint density at radius 1 is 1.38 bits per heavy atom. The molecule has 2 amide bonds. The van der Waals surface area contributed by atoms with Crippen LogP contribution >= 0.6 is 0 Å². The fourth-order valence-electron chi connectivity index (χ4n) is 2.35. The van der Waals surface area contributed by atoms with Gasteiger partial charge in [0.15, 0.2) is 0 Å². The molecule has 21 heavy (non-hydrogen) atoms. The van der Waals surface area contributed by atoms with Crippen LogP contribution in [-0.2, 0) is 6.42 Å². The maximum atomic E-state index is 12.5. The second kappa shape index (κ2) is 6.34. The minimum atomic E-state index is -4.33. The zero-order chi connectivity index (χ0) is 15.5. The summed E-state index contributed by atoms with van der Waals surface area (Å²) >= 11 is 0. The molecule has 1 heterocycles. The van der Waals surface area contributed by atoms with E-state index in [1.165, 1.54) is 23.1 Å². The van der Waals surface area contributed by atoms with Crippen molar-refractivity contribution in [1.29, 1.82) is 0 Å². The summed E-state index contributed by atoms with van der Waals surface area (Å²) in [4.78, 5) is 13.5. The minimum absolute atomic E-state index is 0.0240. The summed E-state index contributed by atoms with van der Waals surface area (Å²) in [5, 5.41) is 12.0. The fourth-order valence-corrected chi connectivity index (χ4v) is 2.35. The van der Waals surface area contributed by atoms with Gasteiger partial charge in [0.2, 0.25) is 0 Å². The molecule has 0 saturated carbocycles. The van der Waals surface area contributed by atoms with Crippen LogP contribution in [0.4, 0.5) is 23.7 Å². The highest BCUT2D eigenvalue weighted by Gasteiger charge is 2.29. The van der Waals surface area contributed by atoms with Crippen LogP contribution in [0, 0.1) is 0 Å². The highest BCUT2D eigenvalue weighted by molar-refractivity contribution is 5.90. The van der Waals surface area contributed by atoms with Crippen molar-refractivity contribution >= 4 is 11.7 Å². The first kappa shape index (κ1) is 15.6. The van der Waals surface area contributed by atoms with E-state index in [2.05, 4.69) is 5.32 Å². The van der Waals surface area contributed by atoms with Crippen molar-refractivity contribution in [3.8, 4) is 0 Å². The van der Waals surface area contributed by atoms with Crippen molar-refractivity contribution in [2.24, 2.45) is 0 Å². The van der Waals surface area contributed by atoms with Crippen molar-refractivity contribution in [2.45, 2.75) is 31.5 Å². The van der Waals surface area contributed by atoms with Gasteiger partial charge in [-0.2, -0.15) is 13.2 Å². The van der Waals surface area contributed by atoms with Gasteiger partial charge in [0, 0.05) is 18.8 Å². The molecule has 4 nitrogen and oxygen atoms in total. The summed E-state index contributed by atoms with van der Waals surface area (Å²) in [6.07, 6.45) is -4.68. The van der Waals surface area contributed by atoms with Gasteiger partial charge in [-0.05, 0) is 24.5 Å². The van der Waals surface area contributed by atoms with Gasteiger partial charge < -0.3 is 15.3 Å². The number of anilines is 1. The van der Waals surface area contributed by atoms with Crippen LogP contribution in [0.25, 0.3) is 0 Å². The van der Waals surface area contributed by atoms with Gasteiger partial charge in [-0.1, -0.05) is 18.2 Å². The molecule has 0 aromatic heterocycles. The number of carbonyl (C=O) groups is 1. The number of likely N-dealkylation sites (tertiary alicyclic amines) is 1. The predicted molar refractivity (Wildman–Crippen MR) is 72.0 cm³/mol. The smallest absolute Gasteiger partial charge is 0.391 e. The maximum Gasteiger partial charge on any atom is 0.393 e. The summed E-state index contributed by atoms with van der Waals surface area (Å²) in [6.45, 7) is 0.692. The van der Waals surface area contributed by atoms with Gasteiger partial charge in [0.05, 0.1) is 12.5 Å². The highest BCUT2D eigenvalue weighted by Crippen LogP contribution is 2.26. The molecule has 1 aromatic carbocycles. The number of alkyl halides is 3. The number of β-amino-alcohol motifs (C(OH)–C–C–N with tert-alkyl or cyclic N) is 1. The molecule has 7 heteroatoms. The fraction of sp³-hybridized carbons (Fsp3) is 0.500. The molecule has 116 valence electrons. The number of para-hydroxylation sites is 1. The quantitative estimate of drug-likeness (QED) is 0.882. The molecule has 1 saturated heterocycles. The number of benzene rings is 1. The molecule has 1 aliphatic rings. The molecule has 0 bridgehead atoms. The number of halogens is 3. The maximum absolute atomic E-state index is 12.5. The minimum Gasteiger partial charge on any atom is -0.391 e. The van der Waals surface area contributed by atoms with E-state index >= 15 is 0 Å². The number of rotatable bonds is 2. The molecule has 0 radical (unpaired) electrons. The van der Waals surface area contributed by atoms with Crippen LogP contribution in [0.5, 0.6) is 0 Å². The van der Waals surface area contributed by atoms with Crippen LogP contribution in [0.2, 0.25) is 0 Å². The third kappa shape index (κ3) is 4.63. The number of hydrogen-bond acceptors (Lipinski definition) is 2. The first-order chi connectivity index (χ1) is 9.85.